The molecule has 2 rings (SSSR count). The molecule has 0 aliphatic carbocycles. The smallest absolute Gasteiger partial charge is 0.341 e. The molecule has 1 aromatic rings. The van der Waals surface area contributed by atoms with Crippen LogP contribution < -0.4 is 5.32 Å². The first kappa shape index (κ1) is 19.1. The van der Waals surface area contributed by atoms with Gasteiger partial charge in [-0.25, -0.2) is 21.1 Å². The Labute approximate surface area is 140 Å². The van der Waals surface area contributed by atoms with Crippen LogP contribution in [0.1, 0.15) is 19.8 Å². The van der Waals surface area contributed by atoms with Crippen LogP contribution in [0.3, 0.4) is 0 Å². The number of anilines is 1. The summed E-state index contributed by atoms with van der Waals surface area (Å²) < 4.78 is 74.1. The molecule has 0 atom stereocenters. The van der Waals surface area contributed by atoms with Crippen molar-refractivity contribution in [3.8, 4) is 0 Å². The first-order valence-corrected chi connectivity index (χ1v) is 10.7. The third-order valence-corrected chi connectivity index (χ3v) is 7.32. The summed E-state index contributed by atoms with van der Waals surface area (Å²) in [4.78, 5) is -0.441. The predicted molar refractivity (Wildman–Crippen MR) is 87.3 cm³/mol. The third kappa shape index (κ3) is 4.04. The van der Waals surface area contributed by atoms with Crippen molar-refractivity contribution < 1.29 is 25.6 Å². The monoisotopic (exact) mass is 382 g/mol. The summed E-state index contributed by atoms with van der Waals surface area (Å²) in [5.41, 5.74) is 0.120. The zero-order valence-electron chi connectivity index (χ0n) is 13.2. The van der Waals surface area contributed by atoms with Crippen molar-refractivity contribution in [2.75, 3.05) is 24.2 Å². The van der Waals surface area contributed by atoms with Gasteiger partial charge in [0.15, 0.2) is 0 Å². The van der Waals surface area contributed by atoms with Gasteiger partial charge in [-0.05, 0) is 31.9 Å². The molecule has 0 unspecified atom stereocenters. The third-order valence-electron chi connectivity index (χ3n) is 4.00. The molecule has 1 aliphatic rings. The van der Waals surface area contributed by atoms with E-state index >= 15 is 0 Å². The van der Waals surface area contributed by atoms with Crippen molar-refractivity contribution in [1.82, 2.24) is 4.31 Å². The minimum absolute atomic E-state index is 0.0283. The fourth-order valence-corrected chi connectivity index (χ4v) is 4.64. The van der Waals surface area contributed by atoms with Gasteiger partial charge in [-0.15, -0.1) is 0 Å². The minimum Gasteiger partial charge on any atom is -0.381 e. The number of hydrogen-bond acceptors (Lipinski definition) is 5. The van der Waals surface area contributed by atoms with E-state index in [9.17, 15) is 25.6 Å². The Morgan fingerprint density at radius 2 is 1.75 bits per heavy atom. The summed E-state index contributed by atoms with van der Waals surface area (Å²) in [6, 6.07) is 5.34. The summed E-state index contributed by atoms with van der Waals surface area (Å²) in [7, 11) is -7.95. The number of nitrogens with zero attached hydrogens (tertiary/aromatic N) is 1. The molecule has 1 heterocycles. The maximum absolute atomic E-state index is 12.8. The number of rotatable bonds is 6. The maximum Gasteiger partial charge on any atom is 0.341 e. The van der Waals surface area contributed by atoms with Crippen LogP contribution in [0.4, 0.5) is 14.5 Å². The molecule has 0 radical (unpaired) electrons. The van der Waals surface area contributed by atoms with Crippen LogP contribution in [0, 0.1) is 0 Å². The van der Waals surface area contributed by atoms with Crippen molar-refractivity contribution in [2.45, 2.75) is 36.5 Å². The lowest BCUT2D eigenvalue weighted by Gasteiger charge is -2.32. The van der Waals surface area contributed by atoms with Crippen molar-refractivity contribution in [3.63, 3.8) is 0 Å². The summed E-state index contributed by atoms with van der Waals surface area (Å²) in [5.74, 6) is -3.46. The van der Waals surface area contributed by atoms with Crippen LogP contribution in [-0.2, 0) is 19.9 Å². The molecule has 0 amide bonds. The van der Waals surface area contributed by atoms with Crippen LogP contribution in [0.2, 0.25) is 0 Å². The lowest BCUT2D eigenvalue weighted by atomic mass is 10.1. The second kappa shape index (κ2) is 7.32. The first-order valence-electron chi connectivity index (χ1n) is 7.54. The van der Waals surface area contributed by atoms with E-state index < -0.39 is 30.5 Å². The zero-order valence-corrected chi connectivity index (χ0v) is 14.8. The van der Waals surface area contributed by atoms with Crippen LogP contribution >= 0.6 is 0 Å². The van der Waals surface area contributed by atoms with Gasteiger partial charge in [0, 0.05) is 19.1 Å². The number of sulfonamides is 1. The zero-order chi connectivity index (χ0) is 18.0. The second-order valence-electron chi connectivity index (χ2n) is 5.52. The Morgan fingerprint density at radius 1 is 1.17 bits per heavy atom. The van der Waals surface area contributed by atoms with Crippen molar-refractivity contribution in [2.24, 2.45) is 0 Å². The molecule has 0 spiro atoms. The maximum atomic E-state index is 12.8. The molecule has 1 N–H and O–H groups in total. The average Bonchev–Trinajstić information content (AvgIpc) is 2.55. The SMILES string of the molecule is CCS(=O)(=O)N1CCC(Nc2ccccc2S(=O)(=O)C(F)F)CC1. The minimum atomic E-state index is -4.70. The second-order valence-corrected chi connectivity index (χ2v) is 9.66. The number of hydrogen-bond donors (Lipinski definition) is 1. The fourth-order valence-electron chi connectivity index (χ4n) is 2.61. The fraction of sp³-hybridized carbons (Fsp3) is 0.571. The van der Waals surface area contributed by atoms with Crippen molar-refractivity contribution in [1.29, 1.82) is 0 Å². The Morgan fingerprint density at radius 3 is 2.29 bits per heavy atom. The van der Waals surface area contributed by atoms with Gasteiger partial charge in [-0.1, -0.05) is 12.1 Å². The number of benzene rings is 1. The average molecular weight is 382 g/mol. The molecule has 1 aromatic carbocycles. The van der Waals surface area contributed by atoms with Crippen LogP contribution in [0.25, 0.3) is 0 Å². The molecule has 1 fully saturated rings. The summed E-state index contributed by atoms with van der Waals surface area (Å²) in [5, 5.41) is 2.97. The highest BCUT2D eigenvalue weighted by Gasteiger charge is 2.31. The number of para-hydroxylation sites is 1. The van der Waals surface area contributed by atoms with E-state index in [-0.39, 0.29) is 17.5 Å². The lowest BCUT2D eigenvalue weighted by Crippen LogP contribution is -2.43. The van der Waals surface area contributed by atoms with Crippen LogP contribution in [0.15, 0.2) is 29.2 Å². The predicted octanol–water partition coefficient (Wildman–Crippen LogP) is 1.91. The molecular weight excluding hydrogens is 362 g/mol. The topological polar surface area (TPSA) is 83.6 Å². The number of alkyl halides is 2. The normalized spacial score (nSPS) is 18.0. The van der Waals surface area contributed by atoms with Crippen LogP contribution in [-0.4, -0.2) is 51.8 Å². The van der Waals surface area contributed by atoms with Gasteiger partial charge >= 0.3 is 5.76 Å². The standard InChI is InChI=1S/C14H20F2N2O4S2/c1-2-23(19,20)18-9-7-11(8-10-18)17-12-5-3-4-6-13(12)24(21,22)14(15)16/h3-6,11,14,17H,2,7-10H2,1H3. The molecule has 0 saturated carbocycles. The van der Waals surface area contributed by atoms with Crippen molar-refractivity contribution >= 4 is 25.5 Å². The molecule has 10 heteroatoms. The molecular formula is C14H20F2N2O4S2. The van der Waals surface area contributed by atoms with E-state index in [4.69, 9.17) is 0 Å². The Hall–Kier alpha value is -1.26. The van der Waals surface area contributed by atoms with Gasteiger partial charge in [-0.3, -0.25) is 0 Å². The van der Waals surface area contributed by atoms with Gasteiger partial charge in [0.1, 0.15) is 0 Å². The van der Waals surface area contributed by atoms with E-state index in [2.05, 4.69) is 5.32 Å². The van der Waals surface area contributed by atoms with Gasteiger partial charge in [0.05, 0.1) is 16.3 Å². The van der Waals surface area contributed by atoms with E-state index in [0.717, 1.165) is 6.07 Å². The first-order chi connectivity index (χ1) is 11.2. The summed E-state index contributed by atoms with van der Waals surface area (Å²) in [6.07, 6.45) is 0.949. The quantitative estimate of drug-likeness (QED) is 0.813. The van der Waals surface area contributed by atoms with E-state index in [0.29, 0.717) is 25.9 Å². The largest absolute Gasteiger partial charge is 0.381 e. The number of piperidine rings is 1. The Balaban J connectivity index is 2.12. The summed E-state index contributed by atoms with van der Waals surface area (Å²) in [6.45, 7) is 2.21. The highest BCUT2D eigenvalue weighted by molar-refractivity contribution is 7.91. The van der Waals surface area contributed by atoms with Gasteiger partial charge in [0.2, 0.25) is 19.9 Å². The molecule has 24 heavy (non-hydrogen) atoms. The van der Waals surface area contributed by atoms with Gasteiger partial charge in [-0.2, -0.15) is 8.78 Å². The molecule has 0 aromatic heterocycles. The van der Waals surface area contributed by atoms with Crippen LogP contribution in [0.5, 0.6) is 0 Å². The molecule has 136 valence electrons. The number of sulfone groups is 1. The number of nitrogens with one attached hydrogen (secondary N) is 1. The molecule has 0 bridgehead atoms. The summed E-state index contributed by atoms with van der Waals surface area (Å²) >= 11 is 0. The van der Waals surface area contributed by atoms with E-state index in [1.165, 1.54) is 16.4 Å². The van der Waals surface area contributed by atoms with E-state index in [1.54, 1.807) is 13.0 Å². The van der Waals surface area contributed by atoms with Gasteiger partial charge < -0.3 is 5.32 Å². The molecule has 1 aliphatic heterocycles. The lowest BCUT2D eigenvalue weighted by molar-refractivity contribution is 0.235. The van der Waals surface area contributed by atoms with E-state index in [1.807, 2.05) is 0 Å². The van der Waals surface area contributed by atoms with Crippen molar-refractivity contribution in [3.05, 3.63) is 24.3 Å². The highest BCUT2D eigenvalue weighted by Crippen LogP contribution is 2.28. The van der Waals surface area contributed by atoms with Gasteiger partial charge in [0.25, 0.3) is 0 Å². The highest BCUT2D eigenvalue weighted by atomic mass is 32.2. The Bertz CT molecular complexity index is 774. The Kier molecular flexibility index (Phi) is 5.82. The number of halogens is 2. The molecule has 1 saturated heterocycles. The molecule has 6 nitrogen and oxygen atoms in total.